The number of aliphatic imine (C=N–C) groups is 2. The lowest BCUT2D eigenvalue weighted by Gasteiger charge is -2.15. The largest absolute Gasteiger partial charge is 0.297 e. The highest BCUT2D eigenvalue weighted by molar-refractivity contribution is 5.70. The van der Waals surface area contributed by atoms with Crippen molar-refractivity contribution in [1.29, 1.82) is 0 Å². The fourth-order valence-electron chi connectivity index (χ4n) is 1.23. The first-order chi connectivity index (χ1) is 4.47. The Morgan fingerprint density at radius 1 is 1.56 bits per heavy atom. The van der Waals surface area contributed by atoms with E-state index in [4.69, 9.17) is 0 Å². The molecule has 46 valence electrons. The second kappa shape index (κ2) is 1.94. The highest BCUT2D eigenvalue weighted by atomic mass is 14.8. The van der Waals surface area contributed by atoms with Gasteiger partial charge in [-0.15, -0.1) is 0 Å². The van der Waals surface area contributed by atoms with Gasteiger partial charge in [-0.1, -0.05) is 0 Å². The zero-order chi connectivity index (χ0) is 6.10. The summed E-state index contributed by atoms with van der Waals surface area (Å²) in [5.41, 5.74) is 0. The molecular formula is C7H8N2. The van der Waals surface area contributed by atoms with Gasteiger partial charge in [-0.25, -0.2) is 0 Å². The topological polar surface area (TPSA) is 24.7 Å². The van der Waals surface area contributed by atoms with Crippen molar-refractivity contribution in [3.63, 3.8) is 0 Å². The molecule has 0 aromatic rings. The van der Waals surface area contributed by atoms with Gasteiger partial charge in [0.2, 0.25) is 0 Å². The minimum absolute atomic E-state index is 0.426. The standard InChI is InChI=1S/C7H8N2/c1-2-8-4-7-5-9-3-6(1)7/h2,5-7H,1,3H2. The van der Waals surface area contributed by atoms with Crippen molar-refractivity contribution >= 4 is 12.4 Å². The zero-order valence-corrected chi connectivity index (χ0v) is 5.12. The Bertz CT molecular complexity index is 160. The van der Waals surface area contributed by atoms with Gasteiger partial charge in [-0.05, 0) is 18.6 Å². The summed E-state index contributed by atoms with van der Waals surface area (Å²) >= 11 is 0. The average Bonchev–Trinajstić information content (AvgIpc) is 2.33. The first kappa shape index (κ1) is 5.15. The molecule has 0 aromatic carbocycles. The molecule has 2 rings (SSSR count). The van der Waals surface area contributed by atoms with E-state index in [2.05, 4.69) is 16.5 Å². The first-order valence-corrected chi connectivity index (χ1v) is 3.24. The predicted molar refractivity (Wildman–Crippen MR) is 36.7 cm³/mol. The van der Waals surface area contributed by atoms with E-state index in [1.54, 1.807) is 0 Å². The molecule has 0 aliphatic carbocycles. The van der Waals surface area contributed by atoms with Crippen LogP contribution in [-0.4, -0.2) is 19.0 Å². The van der Waals surface area contributed by atoms with E-state index >= 15 is 0 Å². The van der Waals surface area contributed by atoms with Crippen LogP contribution < -0.4 is 0 Å². The van der Waals surface area contributed by atoms with E-state index in [1.165, 1.54) is 0 Å². The van der Waals surface area contributed by atoms with Gasteiger partial charge in [0.1, 0.15) is 6.54 Å². The monoisotopic (exact) mass is 120 g/mol. The third kappa shape index (κ3) is 0.784. The molecule has 0 aromatic heterocycles. The van der Waals surface area contributed by atoms with Gasteiger partial charge in [0.05, 0.1) is 0 Å². The molecule has 2 aliphatic heterocycles. The van der Waals surface area contributed by atoms with E-state index in [0.717, 1.165) is 13.0 Å². The van der Waals surface area contributed by atoms with Crippen LogP contribution in [0, 0.1) is 18.4 Å². The summed E-state index contributed by atoms with van der Waals surface area (Å²) in [7, 11) is 0. The smallest absolute Gasteiger partial charge is 0.125 e. The SMILES string of the molecule is [C]1N=CCC2CN=CC12. The maximum Gasteiger partial charge on any atom is 0.125 e. The molecule has 0 spiro atoms. The van der Waals surface area contributed by atoms with Crippen molar-refractivity contribution in [2.24, 2.45) is 21.8 Å². The maximum absolute atomic E-state index is 4.16. The van der Waals surface area contributed by atoms with Crippen LogP contribution in [0.15, 0.2) is 9.98 Å². The third-order valence-corrected chi connectivity index (χ3v) is 1.84. The minimum atomic E-state index is 0.426. The van der Waals surface area contributed by atoms with E-state index in [-0.39, 0.29) is 0 Å². The Morgan fingerprint density at radius 3 is 3.44 bits per heavy atom. The second-order valence-corrected chi connectivity index (χ2v) is 2.48. The second-order valence-electron chi connectivity index (χ2n) is 2.48. The molecule has 2 nitrogen and oxygen atoms in total. The number of rotatable bonds is 0. The molecule has 2 unspecified atom stereocenters. The fraction of sp³-hybridized carbons (Fsp3) is 0.571. The van der Waals surface area contributed by atoms with Crippen LogP contribution in [0.3, 0.4) is 0 Å². The predicted octanol–water partition coefficient (Wildman–Crippen LogP) is 0.816. The quantitative estimate of drug-likeness (QED) is 0.452. The molecule has 9 heavy (non-hydrogen) atoms. The van der Waals surface area contributed by atoms with Crippen LogP contribution in [0.4, 0.5) is 0 Å². The summed E-state index contributed by atoms with van der Waals surface area (Å²) < 4.78 is 0. The number of fused-ring (bicyclic) bond motifs is 1. The van der Waals surface area contributed by atoms with Crippen molar-refractivity contribution in [2.75, 3.05) is 6.54 Å². The zero-order valence-electron chi connectivity index (χ0n) is 5.12. The number of hydrogen-bond donors (Lipinski definition) is 0. The van der Waals surface area contributed by atoms with Gasteiger partial charge in [-0.3, -0.25) is 9.98 Å². The first-order valence-electron chi connectivity index (χ1n) is 3.24. The summed E-state index contributed by atoms with van der Waals surface area (Å²) in [6.07, 6.45) is 4.97. The van der Waals surface area contributed by atoms with E-state index in [1.807, 2.05) is 12.4 Å². The van der Waals surface area contributed by atoms with Crippen LogP contribution in [0.2, 0.25) is 0 Å². The van der Waals surface area contributed by atoms with Crippen LogP contribution in [-0.2, 0) is 0 Å². The Balaban J connectivity index is 2.13. The van der Waals surface area contributed by atoms with E-state index in [9.17, 15) is 0 Å². The molecule has 2 atom stereocenters. The average molecular weight is 120 g/mol. The van der Waals surface area contributed by atoms with Crippen molar-refractivity contribution in [3.05, 3.63) is 6.54 Å². The molecule has 2 heterocycles. The molecule has 0 saturated heterocycles. The lowest BCUT2D eigenvalue weighted by atomic mass is 9.91. The van der Waals surface area contributed by atoms with Crippen LogP contribution >= 0.6 is 0 Å². The molecule has 0 amide bonds. The normalized spacial score (nSPS) is 39.1. The van der Waals surface area contributed by atoms with Crippen molar-refractivity contribution in [3.8, 4) is 0 Å². The Kier molecular flexibility index (Phi) is 1.11. The lowest BCUT2D eigenvalue weighted by Crippen LogP contribution is -2.17. The third-order valence-electron chi connectivity index (χ3n) is 1.84. The van der Waals surface area contributed by atoms with Crippen LogP contribution in [0.5, 0.6) is 0 Å². The van der Waals surface area contributed by atoms with Crippen molar-refractivity contribution < 1.29 is 0 Å². The Labute approximate surface area is 54.7 Å². The highest BCUT2D eigenvalue weighted by Gasteiger charge is 2.25. The Hall–Kier alpha value is -0.660. The molecule has 2 heteroatoms. The van der Waals surface area contributed by atoms with Crippen LogP contribution in [0.1, 0.15) is 6.42 Å². The van der Waals surface area contributed by atoms with Gasteiger partial charge in [0.15, 0.2) is 0 Å². The fourth-order valence-corrected chi connectivity index (χ4v) is 1.23. The van der Waals surface area contributed by atoms with Gasteiger partial charge in [-0.2, -0.15) is 0 Å². The summed E-state index contributed by atoms with van der Waals surface area (Å²) in [6, 6.07) is 0. The molecule has 0 N–H and O–H groups in total. The molecule has 2 aliphatic rings. The van der Waals surface area contributed by atoms with Gasteiger partial charge >= 0.3 is 0 Å². The summed E-state index contributed by atoms with van der Waals surface area (Å²) in [5, 5.41) is 0. The molecular weight excluding hydrogens is 112 g/mol. The number of nitrogens with zero attached hydrogens (tertiary/aromatic N) is 2. The van der Waals surface area contributed by atoms with Gasteiger partial charge in [0.25, 0.3) is 0 Å². The number of hydrogen-bond acceptors (Lipinski definition) is 2. The van der Waals surface area contributed by atoms with E-state index in [0.29, 0.717) is 11.8 Å². The summed E-state index contributed by atoms with van der Waals surface area (Å²) in [6.45, 7) is 3.98. The van der Waals surface area contributed by atoms with Gasteiger partial charge in [0, 0.05) is 18.7 Å². The molecule has 0 saturated carbocycles. The maximum atomic E-state index is 4.16. The summed E-state index contributed by atoms with van der Waals surface area (Å²) in [5.74, 6) is 1.11. The summed E-state index contributed by atoms with van der Waals surface area (Å²) in [4.78, 5) is 8.11. The van der Waals surface area contributed by atoms with Gasteiger partial charge < -0.3 is 0 Å². The van der Waals surface area contributed by atoms with Crippen LogP contribution in [0.25, 0.3) is 0 Å². The van der Waals surface area contributed by atoms with Crippen molar-refractivity contribution in [2.45, 2.75) is 6.42 Å². The highest BCUT2D eigenvalue weighted by Crippen LogP contribution is 2.25. The molecule has 0 fully saturated rings. The molecule has 2 radical (unpaired) electrons. The minimum Gasteiger partial charge on any atom is -0.297 e. The molecule has 0 bridgehead atoms. The Morgan fingerprint density at radius 2 is 2.56 bits per heavy atom. The van der Waals surface area contributed by atoms with Crippen molar-refractivity contribution in [1.82, 2.24) is 0 Å². The van der Waals surface area contributed by atoms with E-state index < -0.39 is 0 Å². The lowest BCUT2D eigenvalue weighted by molar-refractivity contribution is 0.507.